The second-order valence-corrected chi connectivity index (χ2v) is 10.5. The summed E-state index contributed by atoms with van der Waals surface area (Å²) >= 11 is 6.59. The number of halogens is 1. The molecule has 1 aromatic heterocycles. The molecule has 0 aliphatic rings. The first-order valence-electron chi connectivity index (χ1n) is 14.2. The van der Waals surface area contributed by atoms with Gasteiger partial charge in [0.05, 0.1) is 28.8 Å². The maximum atomic E-state index is 13.6. The molecule has 6 rings (SSSR count). The van der Waals surface area contributed by atoms with Gasteiger partial charge in [0, 0.05) is 39.1 Å². The molecule has 6 aromatic rings. The lowest BCUT2D eigenvalue weighted by Crippen LogP contribution is -2.19. The number of carbonyl (C=O) groups is 2. The third-order valence-corrected chi connectivity index (χ3v) is 7.56. The minimum atomic E-state index is -0.704. The summed E-state index contributed by atoms with van der Waals surface area (Å²) in [5.74, 6) is -0.743. The van der Waals surface area contributed by atoms with Gasteiger partial charge in [-0.15, -0.1) is 0 Å². The van der Waals surface area contributed by atoms with Gasteiger partial charge in [0.1, 0.15) is 5.69 Å². The molecule has 0 unspecified atom stereocenters. The van der Waals surface area contributed by atoms with Gasteiger partial charge in [-0.3, -0.25) is 14.9 Å². The van der Waals surface area contributed by atoms with Gasteiger partial charge in [-0.2, -0.15) is 5.10 Å². The van der Waals surface area contributed by atoms with Crippen LogP contribution in [0, 0.1) is 10.1 Å². The highest BCUT2D eigenvalue weighted by Crippen LogP contribution is 2.39. The van der Waals surface area contributed by atoms with Gasteiger partial charge >= 0.3 is 5.97 Å². The Balaban J connectivity index is 1.25. The highest BCUT2D eigenvalue weighted by Gasteiger charge is 2.22. The van der Waals surface area contributed by atoms with E-state index in [-0.39, 0.29) is 22.7 Å². The predicted octanol–water partition coefficient (Wildman–Crippen LogP) is 7.93. The fraction of sp³-hybridized carbons (Fsp3) is 0.0571. The Kier molecular flexibility index (Phi) is 8.44. The lowest BCUT2D eigenvalue weighted by molar-refractivity contribution is -0.384. The number of esters is 1. The monoisotopic (exact) mass is 632 g/mol. The van der Waals surface area contributed by atoms with E-state index in [1.54, 1.807) is 25.1 Å². The van der Waals surface area contributed by atoms with Crippen LogP contribution in [0.1, 0.15) is 33.3 Å². The Morgan fingerprint density at radius 2 is 1.70 bits per heavy atom. The van der Waals surface area contributed by atoms with Gasteiger partial charge in [-0.1, -0.05) is 66.2 Å². The molecule has 2 N–H and O–H groups in total. The number of benzene rings is 5. The molecule has 0 radical (unpaired) electrons. The molecule has 228 valence electrons. The first-order valence-corrected chi connectivity index (χ1v) is 14.6. The summed E-state index contributed by atoms with van der Waals surface area (Å²) in [6.07, 6.45) is 1.44. The number of H-pyrrole nitrogens is 1. The first kappa shape index (κ1) is 30.0. The summed E-state index contributed by atoms with van der Waals surface area (Å²) in [4.78, 5) is 39.9. The lowest BCUT2D eigenvalue weighted by Gasteiger charge is -2.11. The summed E-state index contributed by atoms with van der Waals surface area (Å²) in [5, 5.41) is 18.4. The summed E-state index contributed by atoms with van der Waals surface area (Å²) in [6, 6.07) is 29.1. The molecular weight excluding hydrogens is 608 g/mol. The van der Waals surface area contributed by atoms with Crippen molar-refractivity contribution in [2.75, 3.05) is 6.61 Å². The van der Waals surface area contributed by atoms with E-state index in [4.69, 9.17) is 21.1 Å². The third-order valence-electron chi connectivity index (χ3n) is 7.23. The molecule has 0 saturated carbocycles. The molecule has 0 saturated heterocycles. The van der Waals surface area contributed by atoms with Crippen LogP contribution in [0.3, 0.4) is 0 Å². The van der Waals surface area contributed by atoms with Crippen molar-refractivity contribution in [3.05, 3.63) is 135 Å². The number of rotatable bonds is 9. The van der Waals surface area contributed by atoms with Crippen LogP contribution in [0.2, 0.25) is 5.02 Å². The Bertz CT molecular complexity index is 2160. The number of hydrazone groups is 1. The topological polar surface area (TPSA) is 136 Å². The standard InChI is InChI=1S/C35H25ClN4O6/c1-2-45-30-19-21(11-18-29(30)46-35(42)23-12-15-24(16-13-23)40(43)44)20-37-39-34(41)33-31(26-9-5-6-10-28(26)36)27-17-14-22-7-3-4-8-25(22)32(27)38-33/h3-20,38H,2H2,1H3,(H,39,41). The summed E-state index contributed by atoms with van der Waals surface area (Å²) in [6.45, 7) is 2.07. The van der Waals surface area contributed by atoms with Crippen LogP contribution in [0.25, 0.3) is 32.8 Å². The fourth-order valence-electron chi connectivity index (χ4n) is 5.11. The van der Waals surface area contributed by atoms with E-state index >= 15 is 0 Å². The van der Waals surface area contributed by atoms with Crippen molar-refractivity contribution < 1.29 is 24.0 Å². The summed E-state index contributed by atoms with van der Waals surface area (Å²) < 4.78 is 11.2. The van der Waals surface area contributed by atoms with Gasteiger partial charge in [0.15, 0.2) is 11.5 Å². The zero-order valence-corrected chi connectivity index (χ0v) is 25.1. The number of hydrogen-bond donors (Lipinski definition) is 2. The predicted molar refractivity (Wildman–Crippen MR) is 177 cm³/mol. The number of carbonyl (C=O) groups excluding carboxylic acids is 2. The average Bonchev–Trinajstić information content (AvgIpc) is 3.46. The maximum absolute atomic E-state index is 13.6. The molecule has 0 aliphatic heterocycles. The van der Waals surface area contributed by atoms with Crippen LogP contribution < -0.4 is 14.9 Å². The van der Waals surface area contributed by atoms with E-state index < -0.39 is 16.8 Å². The molecule has 0 bridgehead atoms. The second-order valence-electron chi connectivity index (χ2n) is 10.1. The molecule has 1 heterocycles. The molecule has 10 nitrogen and oxygen atoms in total. The van der Waals surface area contributed by atoms with E-state index in [0.29, 0.717) is 34.0 Å². The second kappa shape index (κ2) is 12.9. The van der Waals surface area contributed by atoms with Crippen LogP contribution in [-0.2, 0) is 0 Å². The Hall–Kier alpha value is -6.00. The van der Waals surface area contributed by atoms with E-state index in [2.05, 4.69) is 15.5 Å². The zero-order valence-electron chi connectivity index (χ0n) is 24.3. The molecule has 0 aliphatic carbocycles. The van der Waals surface area contributed by atoms with Gasteiger partial charge in [-0.25, -0.2) is 10.2 Å². The van der Waals surface area contributed by atoms with Crippen molar-refractivity contribution in [3.63, 3.8) is 0 Å². The van der Waals surface area contributed by atoms with Gasteiger partial charge < -0.3 is 14.5 Å². The molecule has 11 heteroatoms. The number of nitro benzene ring substituents is 1. The highest BCUT2D eigenvalue weighted by molar-refractivity contribution is 6.34. The number of nitrogens with zero attached hydrogens (tertiary/aromatic N) is 2. The van der Waals surface area contributed by atoms with Crippen molar-refractivity contribution in [1.29, 1.82) is 0 Å². The minimum absolute atomic E-state index is 0.139. The first-order chi connectivity index (χ1) is 22.3. The zero-order chi connectivity index (χ0) is 32.2. The molecule has 46 heavy (non-hydrogen) atoms. The van der Waals surface area contributed by atoms with Gasteiger partial charge in [0.2, 0.25) is 0 Å². The molecule has 1 amide bonds. The quantitative estimate of drug-likeness (QED) is 0.0546. The number of non-ortho nitro benzene ring substituents is 1. The van der Waals surface area contributed by atoms with Crippen LogP contribution >= 0.6 is 11.6 Å². The van der Waals surface area contributed by atoms with Crippen molar-refractivity contribution in [2.24, 2.45) is 5.10 Å². The molecule has 0 spiro atoms. The van der Waals surface area contributed by atoms with Crippen LogP contribution in [0.5, 0.6) is 11.5 Å². The van der Waals surface area contributed by atoms with Crippen molar-refractivity contribution in [1.82, 2.24) is 10.4 Å². The van der Waals surface area contributed by atoms with Gasteiger partial charge in [0.25, 0.3) is 11.6 Å². The van der Waals surface area contributed by atoms with Crippen molar-refractivity contribution in [2.45, 2.75) is 6.92 Å². The Morgan fingerprint density at radius 3 is 2.46 bits per heavy atom. The maximum Gasteiger partial charge on any atom is 0.343 e. The van der Waals surface area contributed by atoms with Crippen LogP contribution in [0.15, 0.2) is 108 Å². The smallest absolute Gasteiger partial charge is 0.343 e. The fourth-order valence-corrected chi connectivity index (χ4v) is 5.34. The number of fused-ring (bicyclic) bond motifs is 3. The lowest BCUT2D eigenvalue weighted by atomic mass is 9.99. The molecular formula is C35H25ClN4O6. The highest BCUT2D eigenvalue weighted by atomic mass is 35.5. The van der Waals surface area contributed by atoms with E-state index in [1.807, 2.05) is 54.6 Å². The number of aromatic nitrogens is 1. The van der Waals surface area contributed by atoms with Crippen molar-refractivity contribution >= 4 is 57.1 Å². The molecule has 0 fully saturated rings. The largest absolute Gasteiger partial charge is 0.490 e. The van der Waals surface area contributed by atoms with Gasteiger partial charge in [-0.05, 0) is 54.3 Å². The minimum Gasteiger partial charge on any atom is -0.490 e. The number of hydrogen-bond acceptors (Lipinski definition) is 7. The number of ether oxygens (including phenoxy) is 2. The normalized spacial score (nSPS) is 11.2. The SMILES string of the molecule is CCOc1cc(C=NNC(=O)c2[nH]c3c(ccc4ccccc43)c2-c2ccccc2Cl)ccc1OC(=O)c1ccc([N+](=O)[O-])cc1. The number of aromatic amines is 1. The van der Waals surface area contributed by atoms with E-state index in [9.17, 15) is 19.7 Å². The van der Waals surface area contributed by atoms with Crippen LogP contribution in [0.4, 0.5) is 5.69 Å². The Morgan fingerprint density at radius 1 is 0.935 bits per heavy atom. The number of nitro groups is 1. The van der Waals surface area contributed by atoms with Crippen LogP contribution in [-0.4, -0.2) is 34.6 Å². The average molecular weight is 633 g/mol. The number of nitrogens with one attached hydrogen (secondary N) is 2. The third kappa shape index (κ3) is 6.01. The summed E-state index contributed by atoms with van der Waals surface area (Å²) in [7, 11) is 0. The van der Waals surface area contributed by atoms with Crippen molar-refractivity contribution in [3.8, 4) is 22.6 Å². The Labute approximate surface area is 267 Å². The molecule has 0 atom stereocenters. The summed E-state index contributed by atoms with van der Waals surface area (Å²) in [5.41, 5.74) is 5.65. The molecule has 5 aromatic carbocycles. The number of amides is 1. The van der Waals surface area contributed by atoms with E-state index in [0.717, 1.165) is 21.7 Å². The van der Waals surface area contributed by atoms with E-state index in [1.165, 1.54) is 36.5 Å².